The van der Waals surface area contributed by atoms with Gasteiger partial charge in [-0.25, -0.2) is 0 Å². The minimum Gasteiger partial charge on any atom is -0.392 e. The Labute approximate surface area is 92.1 Å². The van der Waals surface area contributed by atoms with E-state index in [1.54, 1.807) is 0 Å². The lowest BCUT2D eigenvalue weighted by Crippen LogP contribution is -2.25. The molecule has 1 aromatic carbocycles. The summed E-state index contributed by atoms with van der Waals surface area (Å²) in [5, 5.41) is 10.0. The molecule has 0 aliphatic heterocycles. The summed E-state index contributed by atoms with van der Waals surface area (Å²) < 4.78 is 0. The van der Waals surface area contributed by atoms with Crippen molar-refractivity contribution in [2.24, 2.45) is 0 Å². The van der Waals surface area contributed by atoms with E-state index >= 15 is 0 Å². The summed E-state index contributed by atoms with van der Waals surface area (Å²) in [6, 6.07) is 8.60. The van der Waals surface area contributed by atoms with E-state index in [1.165, 1.54) is 24.0 Å². The maximum atomic E-state index is 10.0. The van der Waals surface area contributed by atoms with Gasteiger partial charge in [0, 0.05) is 5.92 Å². The highest BCUT2D eigenvalue weighted by Gasteiger charge is 2.26. The minimum atomic E-state index is -0.119. The fourth-order valence-corrected chi connectivity index (χ4v) is 2.61. The van der Waals surface area contributed by atoms with Crippen LogP contribution < -0.4 is 0 Å². The summed E-state index contributed by atoms with van der Waals surface area (Å²) >= 11 is 0. The molecule has 0 bridgehead atoms. The van der Waals surface area contributed by atoms with Gasteiger partial charge in [0.1, 0.15) is 0 Å². The van der Waals surface area contributed by atoms with E-state index in [2.05, 4.69) is 31.2 Å². The maximum Gasteiger partial charge on any atom is 0.0612 e. The Bertz CT molecular complexity index is 319. The molecule has 2 atom stereocenters. The van der Waals surface area contributed by atoms with Crippen LogP contribution in [0.15, 0.2) is 24.3 Å². The molecule has 0 heterocycles. The zero-order chi connectivity index (χ0) is 10.7. The highest BCUT2D eigenvalue weighted by Crippen LogP contribution is 2.35. The summed E-state index contributed by atoms with van der Waals surface area (Å²) in [6.07, 6.45) is 5.42. The molecule has 82 valence electrons. The number of aryl methyl sites for hydroxylation is 1. The second kappa shape index (κ2) is 4.80. The molecule has 0 unspecified atom stereocenters. The predicted molar refractivity (Wildman–Crippen MR) is 63.0 cm³/mol. The van der Waals surface area contributed by atoms with Crippen molar-refractivity contribution in [3.8, 4) is 0 Å². The number of fused-ring (bicyclic) bond motifs is 1. The fourth-order valence-electron chi connectivity index (χ4n) is 2.61. The second-order valence-electron chi connectivity index (χ2n) is 4.55. The molecule has 0 amide bonds. The minimum absolute atomic E-state index is 0.119. The highest BCUT2D eigenvalue weighted by atomic mass is 16.3. The Hall–Kier alpha value is -0.820. The topological polar surface area (TPSA) is 20.2 Å². The molecule has 0 fully saturated rings. The van der Waals surface area contributed by atoms with Crippen LogP contribution >= 0.6 is 0 Å². The van der Waals surface area contributed by atoms with Crippen LogP contribution in [0, 0.1) is 0 Å². The summed E-state index contributed by atoms with van der Waals surface area (Å²) in [4.78, 5) is 0. The van der Waals surface area contributed by atoms with Gasteiger partial charge in [-0.05, 0) is 30.4 Å². The predicted octanol–water partition coefficient (Wildman–Crippen LogP) is 3.27. The lowest BCUT2D eigenvalue weighted by atomic mass is 9.78. The molecule has 1 nitrogen and oxygen atoms in total. The van der Waals surface area contributed by atoms with Gasteiger partial charge in [-0.3, -0.25) is 0 Å². The van der Waals surface area contributed by atoms with Gasteiger partial charge in [-0.15, -0.1) is 0 Å². The molecule has 0 aromatic heterocycles. The largest absolute Gasteiger partial charge is 0.392 e. The van der Waals surface area contributed by atoms with Gasteiger partial charge < -0.3 is 5.11 Å². The standard InChI is InChI=1S/C14H20O/c1-2-3-7-13-12-8-5-4-6-11(12)9-10-14(13)15/h4-6,8,13-15H,2-3,7,9-10H2,1H3/t13-,14+/m0/s1. The first-order valence-corrected chi connectivity index (χ1v) is 6.08. The average Bonchev–Trinajstić information content (AvgIpc) is 2.28. The number of aliphatic hydroxyl groups is 1. The third-order valence-electron chi connectivity index (χ3n) is 3.50. The first kappa shape index (κ1) is 10.7. The molecule has 1 heteroatoms. The van der Waals surface area contributed by atoms with E-state index in [9.17, 15) is 5.11 Å². The summed E-state index contributed by atoms with van der Waals surface area (Å²) in [7, 11) is 0. The van der Waals surface area contributed by atoms with Crippen molar-refractivity contribution < 1.29 is 5.11 Å². The Morgan fingerprint density at radius 3 is 2.93 bits per heavy atom. The number of aliphatic hydroxyl groups excluding tert-OH is 1. The van der Waals surface area contributed by atoms with Crippen LogP contribution in [0.1, 0.15) is 49.7 Å². The molecule has 1 aromatic rings. The van der Waals surface area contributed by atoms with Gasteiger partial charge in [0.15, 0.2) is 0 Å². The van der Waals surface area contributed by atoms with Crippen LogP contribution in [0.4, 0.5) is 0 Å². The Morgan fingerprint density at radius 1 is 1.33 bits per heavy atom. The Kier molecular flexibility index (Phi) is 3.42. The van der Waals surface area contributed by atoms with Gasteiger partial charge in [0.05, 0.1) is 6.10 Å². The Morgan fingerprint density at radius 2 is 2.13 bits per heavy atom. The van der Waals surface area contributed by atoms with Gasteiger partial charge in [-0.2, -0.15) is 0 Å². The quantitative estimate of drug-likeness (QED) is 0.801. The van der Waals surface area contributed by atoms with Crippen LogP contribution in [0.3, 0.4) is 0 Å². The van der Waals surface area contributed by atoms with E-state index in [0.717, 1.165) is 19.3 Å². The monoisotopic (exact) mass is 204 g/mol. The van der Waals surface area contributed by atoms with Crippen molar-refractivity contribution >= 4 is 0 Å². The van der Waals surface area contributed by atoms with E-state index in [0.29, 0.717) is 5.92 Å². The van der Waals surface area contributed by atoms with E-state index in [4.69, 9.17) is 0 Å². The van der Waals surface area contributed by atoms with Crippen molar-refractivity contribution in [3.05, 3.63) is 35.4 Å². The fraction of sp³-hybridized carbons (Fsp3) is 0.571. The Balaban J connectivity index is 2.21. The number of hydrogen-bond acceptors (Lipinski definition) is 1. The van der Waals surface area contributed by atoms with Crippen LogP contribution in [-0.4, -0.2) is 11.2 Å². The maximum absolute atomic E-state index is 10.0. The summed E-state index contributed by atoms with van der Waals surface area (Å²) in [6.45, 7) is 2.21. The van der Waals surface area contributed by atoms with Crippen LogP contribution in [-0.2, 0) is 6.42 Å². The second-order valence-corrected chi connectivity index (χ2v) is 4.55. The molecule has 1 N–H and O–H groups in total. The van der Waals surface area contributed by atoms with Crippen LogP contribution in [0.5, 0.6) is 0 Å². The van der Waals surface area contributed by atoms with Crippen LogP contribution in [0.2, 0.25) is 0 Å². The van der Waals surface area contributed by atoms with Crippen LogP contribution in [0.25, 0.3) is 0 Å². The molecular formula is C14H20O. The number of hydrogen-bond donors (Lipinski definition) is 1. The van der Waals surface area contributed by atoms with E-state index in [1.807, 2.05) is 0 Å². The van der Waals surface area contributed by atoms with Gasteiger partial charge in [-0.1, -0.05) is 44.0 Å². The molecule has 1 aliphatic rings. The number of rotatable bonds is 3. The summed E-state index contributed by atoms with van der Waals surface area (Å²) in [5.41, 5.74) is 2.84. The lowest BCUT2D eigenvalue weighted by Gasteiger charge is -2.30. The van der Waals surface area contributed by atoms with Gasteiger partial charge in [0.2, 0.25) is 0 Å². The molecule has 0 spiro atoms. The normalized spacial score (nSPS) is 24.9. The molecule has 0 saturated heterocycles. The SMILES string of the molecule is CCCC[C@H]1c2ccccc2CC[C@H]1O. The third-order valence-corrected chi connectivity index (χ3v) is 3.50. The van der Waals surface area contributed by atoms with E-state index < -0.39 is 0 Å². The number of benzene rings is 1. The first-order valence-electron chi connectivity index (χ1n) is 6.08. The van der Waals surface area contributed by atoms with Crippen molar-refractivity contribution in [2.75, 3.05) is 0 Å². The van der Waals surface area contributed by atoms with Crippen molar-refractivity contribution in [3.63, 3.8) is 0 Å². The van der Waals surface area contributed by atoms with Gasteiger partial charge >= 0.3 is 0 Å². The molecule has 15 heavy (non-hydrogen) atoms. The first-order chi connectivity index (χ1) is 7.33. The summed E-state index contributed by atoms with van der Waals surface area (Å²) in [5.74, 6) is 0.384. The third kappa shape index (κ3) is 2.23. The molecular weight excluding hydrogens is 184 g/mol. The highest BCUT2D eigenvalue weighted by molar-refractivity contribution is 5.33. The van der Waals surface area contributed by atoms with Crippen molar-refractivity contribution in [2.45, 2.75) is 51.0 Å². The van der Waals surface area contributed by atoms with Gasteiger partial charge in [0.25, 0.3) is 0 Å². The van der Waals surface area contributed by atoms with E-state index in [-0.39, 0.29) is 6.10 Å². The molecule has 1 aliphatic carbocycles. The smallest absolute Gasteiger partial charge is 0.0612 e. The molecule has 0 saturated carbocycles. The zero-order valence-electron chi connectivity index (χ0n) is 9.45. The lowest BCUT2D eigenvalue weighted by molar-refractivity contribution is 0.120. The van der Waals surface area contributed by atoms with Crippen molar-refractivity contribution in [1.82, 2.24) is 0 Å². The molecule has 0 radical (unpaired) electrons. The zero-order valence-corrected chi connectivity index (χ0v) is 9.45. The van der Waals surface area contributed by atoms with Crippen molar-refractivity contribution in [1.29, 1.82) is 0 Å². The average molecular weight is 204 g/mol. The molecule has 2 rings (SSSR count). The number of unbranched alkanes of at least 4 members (excludes halogenated alkanes) is 1.